The molecule has 2 rings (SSSR count). The predicted molar refractivity (Wildman–Crippen MR) is 56.5 cm³/mol. The summed E-state index contributed by atoms with van der Waals surface area (Å²) < 4.78 is 0. The third-order valence-corrected chi connectivity index (χ3v) is 2.72. The van der Waals surface area contributed by atoms with Crippen molar-refractivity contribution in [3.05, 3.63) is 48.0 Å². The molecule has 1 aliphatic rings. The van der Waals surface area contributed by atoms with Crippen LogP contribution in [0.5, 0.6) is 0 Å². The molecule has 2 nitrogen and oxygen atoms in total. The molecule has 0 radical (unpaired) electrons. The fourth-order valence-corrected chi connectivity index (χ4v) is 1.93. The third kappa shape index (κ3) is 2.03. The molecular formula is C12H15NO. The lowest BCUT2D eigenvalue weighted by molar-refractivity contribution is 0.0337. The Morgan fingerprint density at radius 2 is 2.07 bits per heavy atom. The molecule has 0 saturated heterocycles. The summed E-state index contributed by atoms with van der Waals surface area (Å²) in [7, 11) is 0. The minimum absolute atomic E-state index is 0.162. The Morgan fingerprint density at radius 3 is 2.79 bits per heavy atom. The Labute approximate surface area is 84.3 Å². The van der Waals surface area contributed by atoms with Gasteiger partial charge in [0.15, 0.2) is 0 Å². The van der Waals surface area contributed by atoms with Crippen LogP contribution in [0.2, 0.25) is 0 Å². The highest BCUT2D eigenvalue weighted by Gasteiger charge is 2.22. The van der Waals surface area contributed by atoms with E-state index in [1.54, 1.807) is 0 Å². The molecule has 1 aromatic carbocycles. The van der Waals surface area contributed by atoms with Crippen molar-refractivity contribution in [1.82, 2.24) is 0 Å². The first kappa shape index (κ1) is 9.44. The zero-order chi connectivity index (χ0) is 9.80. The van der Waals surface area contributed by atoms with E-state index in [9.17, 15) is 0 Å². The Hall–Kier alpha value is -1.12. The molecular weight excluding hydrogens is 174 g/mol. The van der Waals surface area contributed by atoms with Crippen molar-refractivity contribution in [2.45, 2.75) is 18.9 Å². The van der Waals surface area contributed by atoms with Crippen LogP contribution in [-0.2, 0) is 11.3 Å². The van der Waals surface area contributed by atoms with Crippen LogP contribution in [0.15, 0.2) is 42.5 Å². The second kappa shape index (κ2) is 4.40. The van der Waals surface area contributed by atoms with Crippen molar-refractivity contribution < 1.29 is 4.84 Å². The van der Waals surface area contributed by atoms with Gasteiger partial charge in [0.05, 0.1) is 6.10 Å². The zero-order valence-corrected chi connectivity index (χ0v) is 8.10. The van der Waals surface area contributed by atoms with Gasteiger partial charge in [-0.25, -0.2) is 5.90 Å². The van der Waals surface area contributed by atoms with E-state index in [2.05, 4.69) is 36.4 Å². The van der Waals surface area contributed by atoms with E-state index in [1.165, 1.54) is 5.56 Å². The van der Waals surface area contributed by atoms with Gasteiger partial charge < -0.3 is 4.84 Å². The van der Waals surface area contributed by atoms with Gasteiger partial charge in [-0.1, -0.05) is 42.5 Å². The van der Waals surface area contributed by atoms with Gasteiger partial charge in [0.2, 0.25) is 0 Å². The van der Waals surface area contributed by atoms with Gasteiger partial charge in [0, 0.05) is 5.92 Å². The summed E-state index contributed by atoms with van der Waals surface area (Å²) in [6, 6.07) is 10.4. The van der Waals surface area contributed by atoms with E-state index >= 15 is 0 Å². The first-order valence-electron chi connectivity index (χ1n) is 4.96. The zero-order valence-electron chi connectivity index (χ0n) is 8.10. The minimum atomic E-state index is 0.162. The summed E-state index contributed by atoms with van der Waals surface area (Å²) in [6.07, 6.45) is 6.46. The van der Waals surface area contributed by atoms with Crippen LogP contribution in [0.25, 0.3) is 0 Å². The first-order valence-corrected chi connectivity index (χ1v) is 4.96. The van der Waals surface area contributed by atoms with Crippen LogP contribution in [0.1, 0.15) is 12.0 Å². The van der Waals surface area contributed by atoms with Crippen molar-refractivity contribution >= 4 is 0 Å². The van der Waals surface area contributed by atoms with E-state index < -0.39 is 0 Å². The van der Waals surface area contributed by atoms with E-state index in [0.29, 0.717) is 5.92 Å². The number of nitrogens with two attached hydrogens (primary N) is 1. The van der Waals surface area contributed by atoms with Crippen LogP contribution in [0.4, 0.5) is 0 Å². The van der Waals surface area contributed by atoms with E-state index in [-0.39, 0.29) is 6.10 Å². The fourth-order valence-electron chi connectivity index (χ4n) is 1.93. The van der Waals surface area contributed by atoms with Crippen LogP contribution >= 0.6 is 0 Å². The average molecular weight is 189 g/mol. The lowest BCUT2D eigenvalue weighted by Crippen LogP contribution is -2.23. The summed E-state index contributed by atoms with van der Waals surface area (Å²) in [5.41, 5.74) is 1.34. The number of hydrogen-bond donors (Lipinski definition) is 1. The molecule has 1 aromatic rings. The quantitative estimate of drug-likeness (QED) is 0.583. The van der Waals surface area contributed by atoms with Gasteiger partial charge in [0.1, 0.15) is 0 Å². The van der Waals surface area contributed by atoms with Crippen LogP contribution in [0, 0.1) is 5.92 Å². The maximum Gasteiger partial charge on any atom is 0.0887 e. The molecule has 0 bridgehead atoms. The van der Waals surface area contributed by atoms with Gasteiger partial charge in [-0.05, 0) is 18.4 Å². The predicted octanol–water partition coefficient (Wildman–Crippen LogP) is 2.06. The van der Waals surface area contributed by atoms with Gasteiger partial charge in [0.25, 0.3) is 0 Å². The molecule has 0 aliphatic heterocycles. The smallest absolute Gasteiger partial charge is 0.0887 e. The Kier molecular flexibility index (Phi) is 2.96. The topological polar surface area (TPSA) is 35.2 Å². The molecule has 0 spiro atoms. The van der Waals surface area contributed by atoms with Gasteiger partial charge in [-0.2, -0.15) is 0 Å². The number of hydrogen-bond acceptors (Lipinski definition) is 2. The first-order chi connectivity index (χ1) is 6.90. The van der Waals surface area contributed by atoms with Crippen LogP contribution in [0.3, 0.4) is 0 Å². The molecule has 2 N–H and O–H groups in total. The highest BCUT2D eigenvalue weighted by Crippen LogP contribution is 2.23. The SMILES string of the molecule is NO[C@H]1CC=C[C@H]1Cc1ccccc1. The summed E-state index contributed by atoms with van der Waals surface area (Å²) in [5, 5.41) is 0. The molecule has 0 heterocycles. The summed E-state index contributed by atoms with van der Waals surface area (Å²) in [6.45, 7) is 0. The standard InChI is InChI=1S/C12H15NO/c13-14-12-8-4-7-11(12)9-10-5-2-1-3-6-10/h1-7,11-12H,8-9,13H2/t11-,12-/m0/s1. The van der Waals surface area contributed by atoms with Gasteiger partial charge in [-0.15, -0.1) is 0 Å². The molecule has 2 atom stereocenters. The van der Waals surface area contributed by atoms with Crippen molar-refractivity contribution in [3.63, 3.8) is 0 Å². The highest BCUT2D eigenvalue weighted by molar-refractivity contribution is 5.18. The van der Waals surface area contributed by atoms with E-state index in [4.69, 9.17) is 10.7 Å². The molecule has 1 aliphatic carbocycles. The largest absolute Gasteiger partial charge is 0.300 e. The second-order valence-electron chi connectivity index (χ2n) is 3.69. The lowest BCUT2D eigenvalue weighted by atomic mass is 9.97. The molecule has 0 amide bonds. The summed E-state index contributed by atoms with van der Waals surface area (Å²) in [5.74, 6) is 5.67. The van der Waals surface area contributed by atoms with Gasteiger partial charge in [-0.3, -0.25) is 0 Å². The Bertz CT molecular complexity index is 307. The summed E-state index contributed by atoms with van der Waals surface area (Å²) >= 11 is 0. The maximum absolute atomic E-state index is 5.24. The average Bonchev–Trinajstić information content (AvgIpc) is 2.67. The second-order valence-corrected chi connectivity index (χ2v) is 3.69. The van der Waals surface area contributed by atoms with Crippen molar-refractivity contribution in [3.8, 4) is 0 Å². The number of benzene rings is 1. The minimum Gasteiger partial charge on any atom is -0.300 e. The van der Waals surface area contributed by atoms with Crippen LogP contribution < -0.4 is 5.90 Å². The molecule has 0 fully saturated rings. The maximum atomic E-state index is 5.24. The molecule has 2 heteroatoms. The Morgan fingerprint density at radius 1 is 1.29 bits per heavy atom. The molecule has 0 aromatic heterocycles. The molecule has 14 heavy (non-hydrogen) atoms. The summed E-state index contributed by atoms with van der Waals surface area (Å²) in [4.78, 5) is 4.93. The fraction of sp³-hybridized carbons (Fsp3) is 0.333. The molecule has 0 saturated carbocycles. The van der Waals surface area contributed by atoms with Crippen LogP contribution in [-0.4, -0.2) is 6.10 Å². The highest BCUT2D eigenvalue weighted by atomic mass is 16.6. The third-order valence-electron chi connectivity index (χ3n) is 2.72. The van der Waals surface area contributed by atoms with Crippen molar-refractivity contribution in [2.24, 2.45) is 11.8 Å². The van der Waals surface area contributed by atoms with E-state index in [1.807, 2.05) is 6.07 Å². The van der Waals surface area contributed by atoms with Crippen molar-refractivity contribution in [1.29, 1.82) is 0 Å². The Balaban J connectivity index is 2.01. The number of rotatable bonds is 3. The monoisotopic (exact) mass is 189 g/mol. The normalized spacial score (nSPS) is 25.5. The van der Waals surface area contributed by atoms with Gasteiger partial charge >= 0.3 is 0 Å². The van der Waals surface area contributed by atoms with E-state index in [0.717, 1.165) is 12.8 Å². The van der Waals surface area contributed by atoms with Crippen molar-refractivity contribution in [2.75, 3.05) is 0 Å². The molecule has 74 valence electrons. The lowest BCUT2D eigenvalue weighted by Gasteiger charge is -2.16. The molecule has 0 unspecified atom stereocenters.